The molecule has 0 fully saturated rings. The summed E-state index contributed by atoms with van der Waals surface area (Å²) in [5.41, 5.74) is 10.8. The molecule has 5 aromatic rings. The van der Waals surface area contributed by atoms with Gasteiger partial charge in [0.1, 0.15) is 0 Å². The zero-order chi connectivity index (χ0) is 37.6. The Morgan fingerprint density at radius 2 is 0.923 bits per heavy atom. The number of nitrogens with zero attached hydrogens (tertiary/aromatic N) is 2. The largest absolute Gasteiger partial charge is 0.442 e. The van der Waals surface area contributed by atoms with E-state index < -0.39 is 11.6 Å². The number of rotatable bonds is 8. The highest BCUT2D eigenvalue weighted by atomic mass is 35.5. The SMILES string of the molecule is Cc1ccc(C(=CC2(C=C(c3ccc(N(C)C)cc3)c3ccc(C)c(C)c3)OC(=O)c3c(Cl)c(Cl)c(Cl)c(Cl)c32)c2ccc(N(C)C)cc2)cc1C. The van der Waals surface area contributed by atoms with Gasteiger partial charge in [-0.2, -0.15) is 0 Å². The molecular formula is C44H40Cl4N2O2. The number of hydrogen-bond donors (Lipinski definition) is 0. The van der Waals surface area contributed by atoms with Crippen molar-refractivity contribution in [2.45, 2.75) is 33.3 Å². The van der Waals surface area contributed by atoms with Crippen molar-refractivity contribution in [2.24, 2.45) is 0 Å². The van der Waals surface area contributed by atoms with Gasteiger partial charge in [-0.25, -0.2) is 4.79 Å². The number of carbonyl (C=O) groups excluding carboxylic acids is 1. The molecular weight excluding hydrogens is 730 g/mol. The van der Waals surface area contributed by atoms with Crippen molar-refractivity contribution in [3.05, 3.63) is 173 Å². The first kappa shape index (κ1) is 37.6. The summed E-state index contributed by atoms with van der Waals surface area (Å²) in [6.07, 6.45) is 3.93. The smallest absolute Gasteiger partial charge is 0.341 e. The monoisotopic (exact) mass is 768 g/mol. The van der Waals surface area contributed by atoms with Gasteiger partial charge in [-0.15, -0.1) is 0 Å². The summed E-state index contributed by atoms with van der Waals surface area (Å²) in [6.45, 7) is 8.33. The maximum Gasteiger partial charge on any atom is 0.341 e. The van der Waals surface area contributed by atoms with E-state index in [-0.39, 0.29) is 25.7 Å². The molecule has 4 nitrogen and oxygen atoms in total. The van der Waals surface area contributed by atoms with Crippen LogP contribution in [0.3, 0.4) is 0 Å². The maximum atomic E-state index is 14.1. The number of halogens is 4. The van der Waals surface area contributed by atoms with Crippen LogP contribution >= 0.6 is 46.4 Å². The number of benzene rings is 5. The first-order valence-electron chi connectivity index (χ1n) is 16.9. The molecule has 266 valence electrons. The number of fused-ring (bicyclic) bond motifs is 1. The molecule has 0 saturated carbocycles. The second-order valence-corrected chi connectivity index (χ2v) is 15.3. The highest BCUT2D eigenvalue weighted by Gasteiger charge is 2.48. The fraction of sp³-hybridized carbons (Fsp3) is 0.205. The van der Waals surface area contributed by atoms with E-state index in [4.69, 9.17) is 51.1 Å². The van der Waals surface area contributed by atoms with Gasteiger partial charge in [0.15, 0.2) is 5.60 Å². The minimum Gasteiger partial charge on any atom is -0.442 e. The van der Waals surface area contributed by atoms with Crippen LogP contribution in [0.15, 0.2) is 97.1 Å². The zero-order valence-corrected chi connectivity index (χ0v) is 33.5. The molecule has 0 N–H and O–H groups in total. The molecule has 8 heteroatoms. The van der Waals surface area contributed by atoms with Crippen LogP contribution in [0.25, 0.3) is 11.1 Å². The van der Waals surface area contributed by atoms with Crippen LogP contribution in [-0.2, 0) is 10.3 Å². The fourth-order valence-electron chi connectivity index (χ4n) is 6.48. The molecule has 0 unspecified atom stereocenters. The minimum atomic E-state index is -1.58. The normalized spacial score (nSPS) is 15.8. The highest BCUT2D eigenvalue weighted by molar-refractivity contribution is 6.53. The highest BCUT2D eigenvalue weighted by Crippen LogP contribution is 2.53. The summed E-state index contributed by atoms with van der Waals surface area (Å²) in [4.78, 5) is 18.2. The number of esters is 1. The molecule has 52 heavy (non-hydrogen) atoms. The third-order valence-corrected chi connectivity index (χ3v) is 11.7. The lowest BCUT2D eigenvalue weighted by molar-refractivity contribution is 0.0300. The summed E-state index contributed by atoms with van der Waals surface area (Å²) < 4.78 is 6.58. The van der Waals surface area contributed by atoms with Gasteiger partial charge in [0.2, 0.25) is 0 Å². The van der Waals surface area contributed by atoms with Crippen molar-refractivity contribution < 1.29 is 9.53 Å². The number of cyclic esters (lactones) is 1. The van der Waals surface area contributed by atoms with Crippen LogP contribution in [0.2, 0.25) is 20.1 Å². The van der Waals surface area contributed by atoms with Crippen LogP contribution < -0.4 is 9.80 Å². The zero-order valence-electron chi connectivity index (χ0n) is 30.5. The molecule has 6 rings (SSSR count). The van der Waals surface area contributed by atoms with Gasteiger partial charge in [0.25, 0.3) is 0 Å². The third-order valence-electron chi connectivity index (χ3n) is 9.87. The summed E-state index contributed by atoms with van der Waals surface area (Å²) in [6, 6.07) is 29.2. The predicted octanol–water partition coefficient (Wildman–Crippen LogP) is 12.3. The topological polar surface area (TPSA) is 32.8 Å². The van der Waals surface area contributed by atoms with E-state index in [9.17, 15) is 4.79 Å². The molecule has 0 spiro atoms. The first-order valence-corrected chi connectivity index (χ1v) is 18.4. The van der Waals surface area contributed by atoms with Gasteiger partial charge in [-0.3, -0.25) is 0 Å². The van der Waals surface area contributed by atoms with Gasteiger partial charge in [-0.1, -0.05) is 107 Å². The Hall–Kier alpha value is -4.19. The van der Waals surface area contributed by atoms with Crippen LogP contribution in [0.1, 0.15) is 60.4 Å². The van der Waals surface area contributed by atoms with Crippen molar-refractivity contribution >= 4 is 74.9 Å². The van der Waals surface area contributed by atoms with Crippen molar-refractivity contribution in [2.75, 3.05) is 38.0 Å². The average Bonchev–Trinajstić information content (AvgIpc) is 3.41. The molecule has 0 radical (unpaired) electrons. The van der Waals surface area contributed by atoms with E-state index >= 15 is 0 Å². The van der Waals surface area contributed by atoms with Gasteiger partial charge < -0.3 is 14.5 Å². The molecule has 1 aliphatic heterocycles. The number of carbonyl (C=O) groups is 1. The molecule has 1 aliphatic rings. The van der Waals surface area contributed by atoms with E-state index in [0.29, 0.717) is 5.56 Å². The lowest BCUT2D eigenvalue weighted by atomic mass is 9.82. The summed E-state index contributed by atoms with van der Waals surface area (Å²) >= 11 is 27.3. The van der Waals surface area contributed by atoms with E-state index in [0.717, 1.165) is 67.0 Å². The summed E-state index contributed by atoms with van der Waals surface area (Å²) in [5.74, 6) is -0.655. The van der Waals surface area contributed by atoms with Crippen molar-refractivity contribution in [3.8, 4) is 0 Å². The molecule has 0 aromatic heterocycles. The average molecular weight is 771 g/mol. The fourth-order valence-corrected chi connectivity index (χ4v) is 7.56. The molecule has 0 saturated heterocycles. The molecule has 0 aliphatic carbocycles. The summed E-state index contributed by atoms with van der Waals surface area (Å²) in [7, 11) is 8.02. The third kappa shape index (κ3) is 6.98. The predicted molar refractivity (Wildman–Crippen MR) is 221 cm³/mol. The Bertz CT molecular complexity index is 2150. The number of hydrogen-bond acceptors (Lipinski definition) is 4. The molecule has 0 bridgehead atoms. The molecule has 5 aromatic carbocycles. The number of ether oxygens (including phenoxy) is 1. The Labute approximate surface area is 326 Å². The Kier molecular flexibility index (Phi) is 10.6. The lowest BCUT2D eigenvalue weighted by Gasteiger charge is -2.28. The van der Waals surface area contributed by atoms with Crippen LogP contribution in [0.4, 0.5) is 11.4 Å². The molecule has 0 atom stereocenters. The van der Waals surface area contributed by atoms with E-state index in [1.165, 1.54) is 0 Å². The van der Waals surface area contributed by atoms with Gasteiger partial charge in [-0.05, 0) is 120 Å². The van der Waals surface area contributed by atoms with Crippen molar-refractivity contribution in [1.82, 2.24) is 0 Å². The maximum absolute atomic E-state index is 14.1. The first-order chi connectivity index (χ1) is 24.6. The minimum absolute atomic E-state index is 0.00453. The van der Waals surface area contributed by atoms with Crippen LogP contribution in [0.5, 0.6) is 0 Å². The van der Waals surface area contributed by atoms with Gasteiger partial charge in [0, 0.05) is 45.1 Å². The van der Waals surface area contributed by atoms with Crippen molar-refractivity contribution in [3.63, 3.8) is 0 Å². The number of aryl methyl sites for hydroxylation is 4. The standard InChI is InChI=1S/C44H40Cl4N2O2/c1-25-9-11-31(21-27(25)3)35(29-13-17-33(18-14-29)49(5)6)23-44(38-37(43(51)52-44)39(45)41(47)42(48)40(38)46)24-36(32-12-10-26(2)28(4)22-32)30-15-19-34(20-16-30)50(7)8/h9-24H,1-8H3. The van der Waals surface area contributed by atoms with Crippen LogP contribution in [0, 0.1) is 27.7 Å². The second-order valence-electron chi connectivity index (χ2n) is 13.8. The lowest BCUT2D eigenvalue weighted by Crippen LogP contribution is -2.23. The number of anilines is 2. The van der Waals surface area contributed by atoms with E-state index in [1.807, 2.05) is 50.1 Å². The van der Waals surface area contributed by atoms with Gasteiger partial charge >= 0.3 is 5.97 Å². The van der Waals surface area contributed by atoms with Gasteiger partial charge in [0.05, 0.1) is 25.7 Å². The summed E-state index contributed by atoms with van der Waals surface area (Å²) in [5, 5.41) is 0.123. The second kappa shape index (κ2) is 14.7. The molecule has 1 heterocycles. The quantitative estimate of drug-likeness (QED) is 0.0894. The Morgan fingerprint density at radius 3 is 1.31 bits per heavy atom. The Morgan fingerprint density at radius 1 is 0.538 bits per heavy atom. The van der Waals surface area contributed by atoms with E-state index in [2.05, 4.69) is 113 Å². The Balaban J connectivity index is 1.77. The molecule has 0 amide bonds. The van der Waals surface area contributed by atoms with Crippen LogP contribution in [-0.4, -0.2) is 34.2 Å². The van der Waals surface area contributed by atoms with Crippen molar-refractivity contribution in [1.29, 1.82) is 0 Å². The van der Waals surface area contributed by atoms with E-state index in [1.54, 1.807) is 0 Å².